The van der Waals surface area contributed by atoms with Gasteiger partial charge in [-0.05, 0) is 47.0 Å². The summed E-state index contributed by atoms with van der Waals surface area (Å²) in [6.07, 6.45) is 1.20. The highest BCUT2D eigenvalue weighted by Gasteiger charge is 2.35. The first-order valence-corrected chi connectivity index (χ1v) is 11.5. The zero-order valence-corrected chi connectivity index (χ0v) is 19.3. The first kappa shape index (κ1) is 22.1. The molecule has 1 aromatic heterocycles. The van der Waals surface area contributed by atoms with Gasteiger partial charge in [-0.1, -0.05) is 50.0 Å². The van der Waals surface area contributed by atoms with Crippen molar-refractivity contribution < 1.29 is 9.59 Å². The molecule has 0 saturated heterocycles. The van der Waals surface area contributed by atoms with E-state index in [0.29, 0.717) is 35.5 Å². The first-order valence-electron chi connectivity index (χ1n) is 9.90. The molecule has 1 unspecified atom stereocenters. The van der Waals surface area contributed by atoms with Gasteiger partial charge in [-0.15, -0.1) is 11.3 Å². The Hall–Kier alpha value is -1.56. The lowest BCUT2D eigenvalue weighted by molar-refractivity contribution is -0.142. The smallest absolute Gasteiger partial charge is 0.242 e. The molecule has 1 aliphatic rings. The molecule has 0 fully saturated rings. The molecule has 1 aliphatic heterocycles. The van der Waals surface area contributed by atoms with E-state index in [4.69, 9.17) is 23.2 Å². The van der Waals surface area contributed by atoms with Crippen molar-refractivity contribution in [2.24, 2.45) is 5.92 Å². The number of carbonyl (C=O) groups is 2. The summed E-state index contributed by atoms with van der Waals surface area (Å²) in [7, 11) is 0. The predicted molar refractivity (Wildman–Crippen MR) is 120 cm³/mol. The maximum absolute atomic E-state index is 13.4. The van der Waals surface area contributed by atoms with Crippen LogP contribution in [0.5, 0.6) is 0 Å². The Morgan fingerprint density at radius 3 is 2.66 bits per heavy atom. The number of rotatable bonds is 6. The monoisotopic (exact) mass is 452 g/mol. The molecule has 0 radical (unpaired) electrons. The molecular formula is C22H26Cl2N2O2S. The fourth-order valence-corrected chi connectivity index (χ4v) is 5.23. The van der Waals surface area contributed by atoms with Gasteiger partial charge >= 0.3 is 0 Å². The second kappa shape index (κ2) is 9.50. The van der Waals surface area contributed by atoms with Gasteiger partial charge in [-0.3, -0.25) is 9.59 Å². The summed E-state index contributed by atoms with van der Waals surface area (Å²) in [6, 6.07) is 7.22. The van der Waals surface area contributed by atoms with Crippen molar-refractivity contribution in [1.29, 1.82) is 0 Å². The third kappa shape index (κ3) is 4.96. The van der Waals surface area contributed by atoms with Crippen LogP contribution >= 0.6 is 34.5 Å². The second-order valence-corrected chi connectivity index (χ2v) is 9.57. The zero-order chi connectivity index (χ0) is 21.1. The van der Waals surface area contributed by atoms with E-state index < -0.39 is 0 Å². The molecule has 29 heavy (non-hydrogen) atoms. The third-order valence-electron chi connectivity index (χ3n) is 5.11. The van der Waals surface area contributed by atoms with Crippen molar-refractivity contribution in [1.82, 2.24) is 9.80 Å². The number of amides is 2. The summed E-state index contributed by atoms with van der Waals surface area (Å²) in [5.41, 5.74) is 1.97. The Morgan fingerprint density at radius 2 is 2.00 bits per heavy atom. The van der Waals surface area contributed by atoms with E-state index in [1.807, 2.05) is 17.9 Å². The zero-order valence-electron chi connectivity index (χ0n) is 17.0. The van der Waals surface area contributed by atoms with E-state index in [0.717, 1.165) is 17.5 Å². The molecule has 2 amide bonds. The molecule has 2 aromatic rings. The number of benzene rings is 1. The third-order valence-corrected chi connectivity index (χ3v) is 6.67. The standard InChI is InChI=1S/C22H26Cl2N2O2S/c1-4-20(27)25(12-14(2)3)13-21(28)26-9-7-19-17(8-10-29-19)22(26)16-6-5-15(23)11-18(16)24/h5-6,8,10-11,14,22H,4,7,9,12-13H2,1-3H3. The Bertz CT molecular complexity index is 897. The number of thiophene rings is 1. The summed E-state index contributed by atoms with van der Waals surface area (Å²) in [4.78, 5) is 30.6. The molecule has 1 aromatic carbocycles. The summed E-state index contributed by atoms with van der Waals surface area (Å²) in [5, 5.41) is 3.17. The highest BCUT2D eigenvalue weighted by atomic mass is 35.5. The number of halogens is 2. The fraction of sp³-hybridized carbons (Fsp3) is 0.455. The van der Waals surface area contributed by atoms with E-state index in [-0.39, 0.29) is 24.4 Å². The van der Waals surface area contributed by atoms with E-state index in [9.17, 15) is 9.59 Å². The van der Waals surface area contributed by atoms with Crippen molar-refractivity contribution in [2.45, 2.75) is 39.7 Å². The van der Waals surface area contributed by atoms with E-state index in [1.165, 1.54) is 4.88 Å². The molecule has 0 N–H and O–H groups in total. The van der Waals surface area contributed by atoms with E-state index in [2.05, 4.69) is 25.3 Å². The largest absolute Gasteiger partial charge is 0.333 e. The van der Waals surface area contributed by atoms with Gasteiger partial charge in [0.15, 0.2) is 0 Å². The minimum absolute atomic E-state index is 0.00126. The molecule has 2 heterocycles. The lowest BCUT2D eigenvalue weighted by atomic mass is 9.93. The van der Waals surface area contributed by atoms with Crippen molar-refractivity contribution in [3.63, 3.8) is 0 Å². The van der Waals surface area contributed by atoms with Crippen molar-refractivity contribution in [3.8, 4) is 0 Å². The topological polar surface area (TPSA) is 40.6 Å². The van der Waals surface area contributed by atoms with Crippen LogP contribution in [-0.2, 0) is 16.0 Å². The molecular weight excluding hydrogens is 427 g/mol. The average Bonchev–Trinajstić information content (AvgIpc) is 3.15. The predicted octanol–water partition coefficient (Wildman–Crippen LogP) is 5.42. The lowest BCUT2D eigenvalue weighted by Gasteiger charge is -2.38. The average molecular weight is 453 g/mol. The molecule has 0 saturated carbocycles. The molecule has 0 bridgehead atoms. The van der Waals surface area contributed by atoms with Gasteiger partial charge in [0.2, 0.25) is 11.8 Å². The number of hydrogen-bond acceptors (Lipinski definition) is 3. The summed E-state index contributed by atoms with van der Waals surface area (Å²) in [5.74, 6) is 0.242. The number of nitrogens with zero attached hydrogens (tertiary/aromatic N) is 2. The van der Waals surface area contributed by atoms with Gasteiger partial charge in [0, 0.05) is 34.4 Å². The van der Waals surface area contributed by atoms with Crippen LogP contribution in [0.1, 0.15) is 49.2 Å². The van der Waals surface area contributed by atoms with Crippen LogP contribution in [-0.4, -0.2) is 41.2 Å². The van der Waals surface area contributed by atoms with Gasteiger partial charge in [-0.25, -0.2) is 0 Å². The molecule has 4 nitrogen and oxygen atoms in total. The molecule has 156 valence electrons. The number of hydrogen-bond donors (Lipinski definition) is 0. The molecule has 0 spiro atoms. The number of fused-ring (bicyclic) bond motifs is 1. The maximum Gasteiger partial charge on any atom is 0.242 e. The second-order valence-electron chi connectivity index (χ2n) is 7.73. The Balaban J connectivity index is 1.93. The van der Waals surface area contributed by atoms with Crippen LogP contribution < -0.4 is 0 Å². The van der Waals surface area contributed by atoms with Crippen molar-refractivity contribution >= 4 is 46.4 Å². The fourth-order valence-electron chi connectivity index (χ4n) is 3.82. The van der Waals surface area contributed by atoms with Crippen LogP contribution in [0.2, 0.25) is 10.0 Å². The molecule has 3 rings (SSSR count). The maximum atomic E-state index is 13.4. The highest BCUT2D eigenvalue weighted by molar-refractivity contribution is 7.10. The minimum atomic E-state index is -0.264. The van der Waals surface area contributed by atoms with Crippen LogP contribution in [0.3, 0.4) is 0 Å². The summed E-state index contributed by atoms with van der Waals surface area (Å²) < 4.78 is 0. The van der Waals surface area contributed by atoms with Crippen LogP contribution in [0.25, 0.3) is 0 Å². The van der Waals surface area contributed by atoms with Crippen LogP contribution in [0, 0.1) is 5.92 Å². The summed E-state index contributed by atoms with van der Waals surface area (Å²) >= 11 is 14.3. The van der Waals surface area contributed by atoms with Gasteiger partial charge in [0.25, 0.3) is 0 Å². The quantitative estimate of drug-likeness (QED) is 0.586. The molecule has 1 atom stereocenters. The molecule has 0 aliphatic carbocycles. The Kier molecular flexibility index (Phi) is 7.25. The van der Waals surface area contributed by atoms with Crippen LogP contribution in [0.15, 0.2) is 29.6 Å². The van der Waals surface area contributed by atoms with Gasteiger partial charge < -0.3 is 9.80 Å². The molecule has 7 heteroatoms. The lowest BCUT2D eigenvalue weighted by Crippen LogP contribution is -2.47. The number of carbonyl (C=O) groups excluding carboxylic acids is 2. The SMILES string of the molecule is CCC(=O)N(CC(=O)N1CCc2sccc2C1c1ccc(Cl)cc1Cl)CC(C)C. The minimum Gasteiger partial charge on any atom is -0.333 e. The van der Waals surface area contributed by atoms with E-state index in [1.54, 1.807) is 28.4 Å². The van der Waals surface area contributed by atoms with Crippen molar-refractivity contribution in [2.75, 3.05) is 19.6 Å². The van der Waals surface area contributed by atoms with E-state index >= 15 is 0 Å². The van der Waals surface area contributed by atoms with Crippen LogP contribution in [0.4, 0.5) is 0 Å². The van der Waals surface area contributed by atoms with Gasteiger partial charge in [-0.2, -0.15) is 0 Å². The van der Waals surface area contributed by atoms with Gasteiger partial charge in [0.05, 0.1) is 12.6 Å². The highest BCUT2D eigenvalue weighted by Crippen LogP contribution is 2.41. The van der Waals surface area contributed by atoms with Gasteiger partial charge in [0.1, 0.15) is 0 Å². The van der Waals surface area contributed by atoms with Crippen molar-refractivity contribution in [3.05, 3.63) is 55.7 Å². The first-order chi connectivity index (χ1) is 13.8. The Labute approximate surface area is 186 Å². The summed E-state index contributed by atoms with van der Waals surface area (Å²) in [6.45, 7) is 7.19. The Morgan fingerprint density at radius 1 is 1.24 bits per heavy atom. The normalized spacial score (nSPS) is 16.1.